The number of fused-ring (bicyclic) bond motifs is 2. The van der Waals surface area contributed by atoms with Gasteiger partial charge in [0, 0.05) is 13.1 Å². The van der Waals surface area contributed by atoms with Crippen LogP contribution in [0.15, 0.2) is 18.2 Å². The fourth-order valence-electron chi connectivity index (χ4n) is 3.77. The fraction of sp³-hybridized carbons (Fsp3) is 0.529. The molecule has 0 unspecified atom stereocenters. The van der Waals surface area contributed by atoms with Crippen molar-refractivity contribution in [2.45, 2.75) is 31.7 Å². The van der Waals surface area contributed by atoms with Crippen molar-refractivity contribution >= 4 is 52.1 Å². The highest BCUT2D eigenvalue weighted by molar-refractivity contribution is 7.80. The summed E-state index contributed by atoms with van der Waals surface area (Å²) in [5, 5.41) is 7.63. The second-order valence-electron chi connectivity index (χ2n) is 6.73. The number of likely N-dealkylation sites (N-methyl/N-ethyl adjacent to an activating group) is 1. The maximum absolute atomic E-state index is 12.2. The average Bonchev–Trinajstić information content (AvgIpc) is 3.13. The number of nitrogens with zero attached hydrogens (tertiary/aromatic N) is 1. The smallest absolute Gasteiger partial charge is 0.244 e. The lowest BCUT2D eigenvalue weighted by atomic mass is 9.95. The molecule has 2 bridgehead atoms. The van der Waals surface area contributed by atoms with Crippen LogP contribution < -0.4 is 10.6 Å². The molecule has 2 fully saturated rings. The predicted octanol–water partition coefficient (Wildman–Crippen LogP) is 3.93. The third-order valence-electron chi connectivity index (χ3n) is 5.00. The van der Waals surface area contributed by atoms with Gasteiger partial charge in [-0.15, -0.1) is 0 Å². The van der Waals surface area contributed by atoms with Crippen molar-refractivity contribution in [3.8, 4) is 0 Å². The van der Waals surface area contributed by atoms with E-state index in [1.807, 2.05) is 7.05 Å². The van der Waals surface area contributed by atoms with Crippen molar-refractivity contribution in [2.24, 2.45) is 11.8 Å². The maximum Gasteiger partial charge on any atom is 0.244 e. The first-order chi connectivity index (χ1) is 11.4. The molecule has 0 heterocycles. The Morgan fingerprint density at radius 1 is 1.29 bits per heavy atom. The van der Waals surface area contributed by atoms with Crippen LogP contribution >= 0.6 is 35.4 Å². The van der Waals surface area contributed by atoms with E-state index in [0.29, 0.717) is 26.9 Å². The van der Waals surface area contributed by atoms with Gasteiger partial charge in [-0.1, -0.05) is 35.7 Å². The lowest BCUT2D eigenvalue weighted by molar-refractivity contribution is -0.116. The molecular weight excluding hydrogens is 365 g/mol. The van der Waals surface area contributed by atoms with Gasteiger partial charge in [0.1, 0.15) is 0 Å². The molecule has 0 aliphatic heterocycles. The topological polar surface area (TPSA) is 44.4 Å². The number of rotatable bonds is 4. The van der Waals surface area contributed by atoms with Crippen molar-refractivity contribution < 1.29 is 4.79 Å². The Hall–Kier alpha value is -1.04. The van der Waals surface area contributed by atoms with E-state index in [-0.39, 0.29) is 12.5 Å². The minimum absolute atomic E-state index is 0.147. The summed E-state index contributed by atoms with van der Waals surface area (Å²) < 4.78 is 0. The number of amides is 1. The highest BCUT2D eigenvalue weighted by Gasteiger charge is 2.39. The van der Waals surface area contributed by atoms with E-state index in [2.05, 4.69) is 10.6 Å². The lowest BCUT2D eigenvalue weighted by Gasteiger charge is -2.28. The summed E-state index contributed by atoms with van der Waals surface area (Å²) in [6, 6.07) is 5.57. The van der Waals surface area contributed by atoms with Crippen LogP contribution in [-0.2, 0) is 4.79 Å². The fourth-order valence-corrected chi connectivity index (χ4v) is 4.48. The summed E-state index contributed by atoms with van der Waals surface area (Å²) in [5.41, 5.74) is 0.436. The highest BCUT2D eigenvalue weighted by Crippen LogP contribution is 2.44. The molecule has 24 heavy (non-hydrogen) atoms. The number of hydrogen-bond donors (Lipinski definition) is 2. The van der Waals surface area contributed by atoms with Crippen molar-refractivity contribution in [1.29, 1.82) is 0 Å². The lowest BCUT2D eigenvalue weighted by Crippen LogP contribution is -2.47. The average molecular weight is 386 g/mol. The van der Waals surface area contributed by atoms with Crippen LogP contribution in [0.4, 0.5) is 5.69 Å². The first-order valence-electron chi connectivity index (χ1n) is 8.19. The van der Waals surface area contributed by atoms with E-state index in [4.69, 9.17) is 35.4 Å². The third kappa shape index (κ3) is 3.95. The van der Waals surface area contributed by atoms with Crippen molar-refractivity contribution in [2.75, 3.05) is 18.9 Å². The Balaban J connectivity index is 1.51. The van der Waals surface area contributed by atoms with Gasteiger partial charge < -0.3 is 15.5 Å². The number of carbonyl (C=O) groups is 1. The Bertz CT molecular complexity index is 634. The number of anilines is 1. The molecule has 4 nitrogen and oxygen atoms in total. The van der Waals surface area contributed by atoms with Crippen LogP contribution in [0.25, 0.3) is 0 Å². The quantitative estimate of drug-likeness (QED) is 0.770. The molecule has 1 amide bonds. The summed E-state index contributed by atoms with van der Waals surface area (Å²) in [6.07, 6.45) is 5.15. The zero-order valence-corrected chi connectivity index (χ0v) is 15.8. The zero-order valence-electron chi connectivity index (χ0n) is 13.5. The summed E-state index contributed by atoms with van der Waals surface area (Å²) in [6.45, 7) is 0.147. The van der Waals surface area contributed by atoms with E-state index in [0.717, 1.165) is 11.8 Å². The predicted molar refractivity (Wildman–Crippen MR) is 103 cm³/mol. The Kier molecular flexibility index (Phi) is 5.52. The first-order valence-corrected chi connectivity index (χ1v) is 9.36. The highest BCUT2D eigenvalue weighted by atomic mass is 35.5. The molecule has 3 rings (SSSR count). The van der Waals surface area contributed by atoms with Gasteiger partial charge >= 0.3 is 0 Å². The molecule has 2 aliphatic carbocycles. The van der Waals surface area contributed by atoms with E-state index in [9.17, 15) is 4.79 Å². The molecule has 2 N–H and O–H groups in total. The van der Waals surface area contributed by atoms with Gasteiger partial charge in [-0.05, 0) is 55.4 Å². The molecule has 130 valence electrons. The van der Waals surface area contributed by atoms with Crippen LogP contribution in [-0.4, -0.2) is 35.6 Å². The molecule has 0 radical (unpaired) electrons. The van der Waals surface area contributed by atoms with Gasteiger partial charge in [0.2, 0.25) is 5.91 Å². The SMILES string of the molecule is CN(CC(=O)Nc1c(Cl)cccc1Cl)C(=S)N[C@@H]1C[C@@H]2CC[C@@H]1C2. The van der Waals surface area contributed by atoms with Crippen LogP contribution in [0.2, 0.25) is 10.0 Å². The van der Waals surface area contributed by atoms with E-state index < -0.39 is 0 Å². The van der Waals surface area contributed by atoms with Gasteiger partial charge in [0.05, 0.1) is 22.3 Å². The molecule has 2 aliphatic rings. The second-order valence-corrected chi connectivity index (χ2v) is 7.93. The van der Waals surface area contributed by atoms with Crippen LogP contribution in [0.3, 0.4) is 0 Å². The summed E-state index contributed by atoms with van der Waals surface area (Å²) >= 11 is 17.6. The minimum Gasteiger partial charge on any atom is -0.360 e. The van der Waals surface area contributed by atoms with Crippen molar-refractivity contribution in [1.82, 2.24) is 10.2 Å². The number of carbonyl (C=O) groups excluding carboxylic acids is 1. The normalized spacial score (nSPS) is 24.7. The first kappa shape index (κ1) is 17.8. The minimum atomic E-state index is -0.204. The number of thiocarbonyl (C=S) groups is 1. The largest absolute Gasteiger partial charge is 0.360 e. The standard InChI is InChI=1S/C17H21Cl2N3OS/c1-22(17(24)20-14-8-10-5-6-11(14)7-10)9-15(23)21-16-12(18)3-2-4-13(16)19/h2-4,10-11,14H,5-9H2,1H3,(H,20,24)(H,21,23)/t10-,11-,14-/m1/s1. The molecule has 7 heteroatoms. The van der Waals surface area contributed by atoms with Crippen LogP contribution in [0.5, 0.6) is 0 Å². The third-order valence-corrected chi connectivity index (χ3v) is 6.06. The molecule has 0 saturated heterocycles. The number of nitrogens with one attached hydrogen (secondary N) is 2. The second kappa shape index (κ2) is 7.46. The number of halogens is 2. The summed E-state index contributed by atoms with van der Waals surface area (Å²) in [7, 11) is 1.82. The van der Waals surface area contributed by atoms with Gasteiger partial charge in [0.25, 0.3) is 0 Å². The van der Waals surface area contributed by atoms with E-state index in [1.54, 1.807) is 23.1 Å². The van der Waals surface area contributed by atoms with Gasteiger partial charge in [-0.2, -0.15) is 0 Å². The number of benzene rings is 1. The zero-order chi connectivity index (χ0) is 17.3. The molecule has 1 aromatic carbocycles. The number of para-hydroxylation sites is 1. The summed E-state index contributed by atoms with van der Waals surface area (Å²) in [5.74, 6) is 1.38. The van der Waals surface area contributed by atoms with E-state index >= 15 is 0 Å². The number of hydrogen-bond acceptors (Lipinski definition) is 2. The Labute approximate surface area is 157 Å². The van der Waals surface area contributed by atoms with Gasteiger partial charge in [-0.3, -0.25) is 4.79 Å². The van der Waals surface area contributed by atoms with Crippen LogP contribution in [0, 0.1) is 11.8 Å². The van der Waals surface area contributed by atoms with Crippen LogP contribution in [0.1, 0.15) is 25.7 Å². The van der Waals surface area contributed by atoms with Gasteiger partial charge in [-0.25, -0.2) is 0 Å². The molecule has 0 spiro atoms. The molecule has 2 saturated carbocycles. The van der Waals surface area contributed by atoms with Crippen molar-refractivity contribution in [3.05, 3.63) is 28.2 Å². The monoisotopic (exact) mass is 385 g/mol. The molecule has 3 atom stereocenters. The molecular formula is C17H21Cl2N3OS. The molecule has 1 aromatic rings. The summed E-state index contributed by atoms with van der Waals surface area (Å²) in [4.78, 5) is 14.0. The Morgan fingerprint density at radius 3 is 2.58 bits per heavy atom. The maximum atomic E-state index is 12.2. The molecule has 0 aromatic heterocycles. The van der Waals surface area contributed by atoms with Crippen molar-refractivity contribution in [3.63, 3.8) is 0 Å². The van der Waals surface area contributed by atoms with Gasteiger partial charge in [0.15, 0.2) is 5.11 Å². The Morgan fingerprint density at radius 2 is 2.00 bits per heavy atom. The van der Waals surface area contributed by atoms with E-state index in [1.165, 1.54) is 25.7 Å².